The fraction of sp³-hybridized carbons (Fsp3) is 0.778. The summed E-state index contributed by atoms with van der Waals surface area (Å²) < 4.78 is 39.9. The van der Waals surface area contributed by atoms with Gasteiger partial charge >= 0.3 is 12.1 Å². The number of likely N-dealkylation sites (tertiary alicyclic amines) is 1. The Kier molecular flexibility index (Phi) is 4.33. The van der Waals surface area contributed by atoms with E-state index in [2.05, 4.69) is 4.74 Å². The fourth-order valence-electron chi connectivity index (χ4n) is 1.58. The van der Waals surface area contributed by atoms with Crippen LogP contribution in [0.25, 0.3) is 0 Å². The van der Waals surface area contributed by atoms with E-state index < -0.39 is 24.2 Å². The van der Waals surface area contributed by atoms with Gasteiger partial charge in [0.25, 0.3) is 5.91 Å². The van der Waals surface area contributed by atoms with Crippen LogP contribution in [0, 0.1) is 0 Å². The average molecular weight is 254 g/mol. The van der Waals surface area contributed by atoms with Gasteiger partial charge in [0.1, 0.15) is 0 Å². The summed E-state index contributed by atoms with van der Waals surface area (Å²) in [5.41, 5.74) is 4.90. The highest BCUT2D eigenvalue weighted by atomic mass is 19.4. The van der Waals surface area contributed by atoms with Crippen LogP contribution in [-0.2, 0) is 14.3 Å². The predicted molar refractivity (Wildman–Crippen MR) is 50.8 cm³/mol. The van der Waals surface area contributed by atoms with Crippen molar-refractivity contribution in [3.8, 4) is 0 Å². The summed E-state index contributed by atoms with van der Waals surface area (Å²) in [6, 6.07) is 0. The van der Waals surface area contributed by atoms with Crippen molar-refractivity contribution in [2.45, 2.75) is 25.1 Å². The lowest BCUT2D eigenvalue weighted by Gasteiger charge is -2.21. The standard InChI is InChI=1S/C9H13F3N2O3/c10-9(11,12)8(16)17-6(7(13)15)5-14-3-1-2-4-14/h6H,1-5H2,(H2,13,15)/t6-/m1/s1. The second-order valence-corrected chi connectivity index (χ2v) is 3.80. The molecule has 98 valence electrons. The van der Waals surface area contributed by atoms with Crippen LogP contribution < -0.4 is 5.73 Å². The van der Waals surface area contributed by atoms with E-state index >= 15 is 0 Å². The summed E-state index contributed by atoms with van der Waals surface area (Å²) in [7, 11) is 0. The normalized spacial score (nSPS) is 19.0. The molecule has 1 aliphatic rings. The zero-order chi connectivity index (χ0) is 13.1. The molecule has 0 unspecified atom stereocenters. The molecule has 1 aliphatic heterocycles. The summed E-state index contributed by atoms with van der Waals surface area (Å²) in [5, 5.41) is 0. The molecule has 1 heterocycles. The van der Waals surface area contributed by atoms with Gasteiger partial charge in [0.15, 0.2) is 6.10 Å². The lowest BCUT2D eigenvalue weighted by Crippen LogP contribution is -2.44. The SMILES string of the molecule is NC(=O)[C@@H](CN1CCCC1)OC(=O)C(F)(F)F. The molecule has 1 rings (SSSR count). The molecule has 5 nitrogen and oxygen atoms in total. The van der Waals surface area contributed by atoms with E-state index in [4.69, 9.17) is 5.73 Å². The number of esters is 1. The minimum Gasteiger partial charge on any atom is -0.444 e. The van der Waals surface area contributed by atoms with Gasteiger partial charge in [-0.05, 0) is 25.9 Å². The number of carbonyl (C=O) groups excluding carboxylic acids is 2. The zero-order valence-electron chi connectivity index (χ0n) is 9.00. The van der Waals surface area contributed by atoms with Crippen LogP contribution in [0.1, 0.15) is 12.8 Å². The number of carbonyl (C=O) groups is 2. The highest BCUT2D eigenvalue weighted by Crippen LogP contribution is 2.18. The molecule has 1 amide bonds. The monoisotopic (exact) mass is 254 g/mol. The number of amides is 1. The first kappa shape index (κ1) is 13.8. The third kappa shape index (κ3) is 4.22. The van der Waals surface area contributed by atoms with Gasteiger partial charge in [-0.15, -0.1) is 0 Å². The Bertz CT molecular complexity index is 300. The van der Waals surface area contributed by atoms with E-state index in [1.807, 2.05) is 0 Å². The Morgan fingerprint density at radius 1 is 1.29 bits per heavy atom. The van der Waals surface area contributed by atoms with Crippen molar-refractivity contribution in [2.24, 2.45) is 5.73 Å². The molecule has 2 N–H and O–H groups in total. The Morgan fingerprint density at radius 3 is 2.24 bits per heavy atom. The van der Waals surface area contributed by atoms with Crippen molar-refractivity contribution in [1.29, 1.82) is 0 Å². The Morgan fingerprint density at radius 2 is 1.82 bits per heavy atom. The van der Waals surface area contributed by atoms with Crippen LogP contribution in [0.3, 0.4) is 0 Å². The molecule has 0 aromatic carbocycles. The first-order valence-corrected chi connectivity index (χ1v) is 5.10. The second-order valence-electron chi connectivity index (χ2n) is 3.80. The molecule has 0 saturated carbocycles. The molecule has 0 spiro atoms. The molecule has 1 fully saturated rings. The molecule has 17 heavy (non-hydrogen) atoms. The van der Waals surface area contributed by atoms with Crippen LogP contribution in [0.4, 0.5) is 13.2 Å². The van der Waals surface area contributed by atoms with Crippen LogP contribution >= 0.6 is 0 Å². The van der Waals surface area contributed by atoms with E-state index in [0.717, 1.165) is 12.8 Å². The number of hydrogen-bond donors (Lipinski definition) is 1. The number of alkyl halides is 3. The number of hydrogen-bond acceptors (Lipinski definition) is 4. The fourth-order valence-corrected chi connectivity index (χ4v) is 1.58. The van der Waals surface area contributed by atoms with E-state index in [1.54, 1.807) is 4.90 Å². The number of primary amides is 1. The molecule has 0 aliphatic carbocycles. The van der Waals surface area contributed by atoms with Gasteiger partial charge < -0.3 is 10.5 Å². The minimum absolute atomic E-state index is 0.0862. The Balaban J connectivity index is 2.54. The van der Waals surface area contributed by atoms with Gasteiger partial charge in [-0.3, -0.25) is 9.69 Å². The zero-order valence-corrected chi connectivity index (χ0v) is 9.00. The largest absolute Gasteiger partial charge is 0.490 e. The van der Waals surface area contributed by atoms with Crippen molar-refractivity contribution in [2.75, 3.05) is 19.6 Å². The Labute approximate surface area is 95.7 Å². The van der Waals surface area contributed by atoms with Gasteiger partial charge in [-0.25, -0.2) is 4.79 Å². The van der Waals surface area contributed by atoms with Crippen molar-refractivity contribution in [1.82, 2.24) is 4.90 Å². The summed E-state index contributed by atoms with van der Waals surface area (Å²) in [4.78, 5) is 23.2. The molecule has 0 bridgehead atoms. The third-order valence-corrected chi connectivity index (χ3v) is 2.42. The van der Waals surface area contributed by atoms with E-state index in [-0.39, 0.29) is 6.54 Å². The highest BCUT2D eigenvalue weighted by Gasteiger charge is 2.43. The van der Waals surface area contributed by atoms with Gasteiger partial charge in [-0.2, -0.15) is 13.2 Å². The molecule has 0 aromatic rings. The molecule has 1 atom stereocenters. The molecule has 0 aromatic heterocycles. The quantitative estimate of drug-likeness (QED) is 0.719. The smallest absolute Gasteiger partial charge is 0.444 e. The molecule has 1 saturated heterocycles. The topological polar surface area (TPSA) is 72.6 Å². The van der Waals surface area contributed by atoms with Crippen molar-refractivity contribution < 1.29 is 27.5 Å². The maximum Gasteiger partial charge on any atom is 0.490 e. The number of rotatable bonds is 4. The molecular weight excluding hydrogens is 241 g/mol. The number of nitrogens with two attached hydrogens (primary N) is 1. The van der Waals surface area contributed by atoms with Crippen molar-refractivity contribution in [3.63, 3.8) is 0 Å². The summed E-state index contributed by atoms with van der Waals surface area (Å²) in [6.07, 6.45) is -4.86. The molecular formula is C9H13F3N2O3. The van der Waals surface area contributed by atoms with Gasteiger partial charge in [0, 0.05) is 6.54 Å². The lowest BCUT2D eigenvalue weighted by molar-refractivity contribution is -0.205. The number of ether oxygens (including phenoxy) is 1. The molecule has 8 heteroatoms. The second kappa shape index (κ2) is 5.35. The summed E-state index contributed by atoms with van der Waals surface area (Å²) in [5.74, 6) is -3.46. The first-order chi connectivity index (χ1) is 7.80. The lowest BCUT2D eigenvalue weighted by atomic mass is 10.3. The van der Waals surface area contributed by atoms with Crippen LogP contribution in [0.15, 0.2) is 0 Å². The molecule has 0 radical (unpaired) electrons. The van der Waals surface area contributed by atoms with Gasteiger partial charge in [0.2, 0.25) is 0 Å². The van der Waals surface area contributed by atoms with Crippen molar-refractivity contribution in [3.05, 3.63) is 0 Å². The van der Waals surface area contributed by atoms with Crippen LogP contribution in [0.2, 0.25) is 0 Å². The van der Waals surface area contributed by atoms with Gasteiger partial charge in [0.05, 0.1) is 0 Å². The maximum atomic E-state index is 11.9. The highest BCUT2D eigenvalue weighted by molar-refractivity contribution is 5.84. The maximum absolute atomic E-state index is 11.9. The predicted octanol–water partition coefficient (Wildman–Crippen LogP) is 0.0416. The van der Waals surface area contributed by atoms with E-state index in [9.17, 15) is 22.8 Å². The summed E-state index contributed by atoms with van der Waals surface area (Å²) >= 11 is 0. The van der Waals surface area contributed by atoms with Gasteiger partial charge in [-0.1, -0.05) is 0 Å². The number of halogens is 3. The van der Waals surface area contributed by atoms with E-state index in [1.165, 1.54) is 0 Å². The van der Waals surface area contributed by atoms with Crippen molar-refractivity contribution >= 4 is 11.9 Å². The number of nitrogens with zero attached hydrogens (tertiary/aromatic N) is 1. The Hall–Kier alpha value is -1.31. The minimum atomic E-state index is -5.11. The average Bonchev–Trinajstić information content (AvgIpc) is 2.67. The van der Waals surface area contributed by atoms with E-state index in [0.29, 0.717) is 13.1 Å². The summed E-state index contributed by atoms with van der Waals surface area (Å²) in [6.45, 7) is 1.23. The van der Waals surface area contributed by atoms with Crippen LogP contribution in [0.5, 0.6) is 0 Å². The van der Waals surface area contributed by atoms with Crippen LogP contribution in [-0.4, -0.2) is 48.7 Å². The third-order valence-electron chi connectivity index (χ3n) is 2.42. The first-order valence-electron chi connectivity index (χ1n) is 5.10.